The first kappa shape index (κ1) is 17.4. The van der Waals surface area contributed by atoms with Gasteiger partial charge in [-0.1, -0.05) is 62.4 Å². The summed E-state index contributed by atoms with van der Waals surface area (Å²) in [5.41, 5.74) is 7.79. The van der Waals surface area contributed by atoms with Gasteiger partial charge in [-0.05, 0) is 37.6 Å². The first-order chi connectivity index (χ1) is 13.5. The molecule has 1 aliphatic rings. The number of para-hydroxylation sites is 1. The summed E-state index contributed by atoms with van der Waals surface area (Å²) in [5, 5.41) is 2.23. The summed E-state index contributed by atoms with van der Waals surface area (Å²) in [7, 11) is 0. The van der Waals surface area contributed by atoms with E-state index in [-0.39, 0.29) is 0 Å². The SMILES string of the molecule is Cc1ccc2c(n1)oc1c(N3c4ccccc4B(C(C)C)[C@@H]3C)c(C)ccc12. The first-order valence-corrected chi connectivity index (χ1v) is 10.1. The molecule has 28 heavy (non-hydrogen) atoms. The Morgan fingerprint density at radius 2 is 1.75 bits per heavy atom. The summed E-state index contributed by atoms with van der Waals surface area (Å²) in [6.45, 7) is 11.7. The van der Waals surface area contributed by atoms with Crippen molar-refractivity contribution in [3.05, 3.63) is 59.8 Å². The zero-order valence-corrected chi connectivity index (χ0v) is 17.2. The van der Waals surface area contributed by atoms with Crippen LogP contribution in [0.1, 0.15) is 32.0 Å². The third-order valence-electron chi connectivity index (χ3n) is 6.26. The highest BCUT2D eigenvalue weighted by atomic mass is 16.3. The molecule has 140 valence electrons. The molecule has 0 aliphatic carbocycles. The molecule has 0 bridgehead atoms. The largest absolute Gasteiger partial charge is 0.435 e. The molecule has 3 heterocycles. The van der Waals surface area contributed by atoms with Crippen LogP contribution in [0.3, 0.4) is 0 Å². The Balaban J connectivity index is 1.82. The lowest BCUT2D eigenvalue weighted by atomic mass is 9.35. The Labute approximate surface area is 166 Å². The van der Waals surface area contributed by atoms with Gasteiger partial charge in [-0.2, -0.15) is 0 Å². The first-order valence-electron chi connectivity index (χ1n) is 10.1. The number of anilines is 2. The Kier molecular flexibility index (Phi) is 3.80. The van der Waals surface area contributed by atoms with Gasteiger partial charge in [0.25, 0.3) is 0 Å². The maximum Gasteiger partial charge on any atom is 0.227 e. The van der Waals surface area contributed by atoms with Crippen LogP contribution in [0.5, 0.6) is 0 Å². The third kappa shape index (κ3) is 2.33. The number of hydrogen-bond acceptors (Lipinski definition) is 3. The lowest BCUT2D eigenvalue weighted by Crippen LogP contribution is -2.42. The predicted octanol–water partition coefficient (Wildman–Crippen LogP) is 5.79. The van der Waals surface area contributed by atoms with Crippen molar-refractivity contribution in [3.63, 3.8) is 0 Å². The quantitative estimate of drug-likeness (QED) is 0.420. The molecule has 0 unspecified atom stereocenters. The lowest BCUT2D eigenvalue weighted by Gasteiger charge is -2.29. The maximum atomic E-state index is 6.36. The number of benzene rings is 2. The van der Waals surface area contributed by atoms with Crippen LogP contribution in [0.4, 0.5) is 11.4 Å². The number of fused-ring (bicyclic) bond motifs is 4. The van der Waals surface area contributed by atoms with E-state index in [1.807, 2.05) is 6.92 Å². The Morgan fingerprint density at radius 1 is 1.00 bits per heavy atom. The van der Waals surface area contributed by atoms with Crippen molar-refractivity contribution < 1.29 is 4.42 Å². The summed E-state index contributed by atoms with van der Waals surface area (Å²) < 4.78 is 6.36. The van der Waals surface area contributed by atoms with Gasteiger partial charge in [0.1, 0.15) is 0 Å². The fourth-order valence-electron chi connectivity index (χ4n) is 5.07. The molecule has 0 spiro atoms. The molecule has 0 fully saturated rings. The Hall–Kier alpha value is -2.75. The van der Waals surface area contributed by atoms with Gasteiger partial charge in [0.2, 0.25) is 12.4 Å². The zero-order chi connectivity index (χ0) is 19.6. The minimum atomic E-state index is 0.365. The number of aryl methyl sites for hydroxylation is 2. The number of nitrogens with zero attached hydrogens (tertiary/aromatic N) is 2. The molecular formula is C24H25BN2O. The molecule has 4 heteroatoms. The molecule has 0 saturated carbocycles. The molecule has 0 N–H and O–H groups in total. The van der Waals surface area contributed by atoms with E-state index in [0.29, 0.717) is 18.5 Å². The monoisotopic (exact) mass is 368 g/mol. The summed E-state index contributed by atoms with van der Waals surface area (Å²) in [5.74, 6) is 0.935. The fourth-order valence-corrected chi connectivity index (χ4v) is 5.07. The maximum absolute atomic E-state index is 6.36. The summed E-state index contributed by atoms with van der Waals surface area (Å²) in [4.78, 5) is 7.12. The van der Waals surface area contributed by atoms with Gasteiger partial charge >= 0.3 is 0 Å². The smallest absolute Gasteiger partial charge is 0.227 e. The van der Waals surface area contributed by atoms with Gasteiger partial charge in [-0.3, -0.25) is 0 Å². The second-order valence-corrected chi connectivity index (χ2v) is 8.45. The topological polar surface area (TPSA) is 29.3 Å². The van der Waals surface area contributed by atoms with Crippen molar-refractivity contribution in [3.8, 4) is 0 Å². The summed E-state index contributed by atoms with van der Waals surface area (Å²) in [6, 6.07) is 17.4. The van der Waals surface area contributed by atoms with Gasteiger partial charge in [0, 0.05) is 28.1 Å². The van der Waals surface area contributed by atoms with Gasteiger partial charge in [-0.15, -0.1) is 0 Å². The molecule has 0 amide bonds. The Bertz CT molecular complexity index is 1210. The van der Waals surface area contributed by atoms with E-state index in [4.69, 9.17) is 4.42 Å². The molecule has 5 rings (SSSR count). The second kappa shape index (κ2) is 6.13. The van der Waals surface area contributed by atoms with Crippen molar-refractivity contribution in [2.45, 2.75) is 46.4 Å². The zero-order valence-electron chi connectivity index (χ0n) is 17.2. The molecule has 2 aromatic carbocycles. The van der Waals surface area contributed by atoms with Crippen molar-refractivity contribution >= 4 is 45.6 Å². The normalized spacial score (nSPS) is 16.6. The van der Waals surface area contributed by atoms with E-state index in [2.05, 4.69) is 86.1 Å². The van der Waals surface area contributed by atoms with Crippen LogP contribution in [0, 0.1) is 13.8 Å². The standard InChI is InChI=1S/C24H25BN2O/c1-14(2)25-17(5)27(21-9-7-6-8-20(21)25)22-15(3)10-12-18-19-13-11-16(4)26-24(19)28-23(18)22/h6-14,17H,1-5H3/t17-/m0/s1. The van der Waals surface area contributed by atoms with E-state index in [1.54, 1.807) is 0 Å². The highest BCUT2D eigenvalue weighted by molar-refractivity contribution is 6.79. The van der Waals surface area contributed by atoms with Crippen LogP contribution in [0.15, 0.2) is 52.9 Å². The van der Waals surface area contributed by atoms with Crippen molar-refractivity contribution in [2.75, 3.05) is 4.90 Å². The number of pyridine rings is 1. The van der Waals surface area contributed by atoms with E-state index >= 15 is 0 Å². The number of aromatic nitrogens is 1. The highest BCUT2D eigenvalue weighted by Crippen LogP contribution is 2.43. The van der Waals surface area contributed by atoms with E-state index in [9.17, 15) is 0 Å². The van der Waals surface area contributed by atoms with Crippen LogP contribution in [-0.2, 0) is 0 Å². The average Bonchev–Trinajstić information content (AvgIpc) is 3.16. The van der Waals surface area contributed by atoms with E-state index in [1.165, 1.54) is 22.4 Å². The summed E-state index contributed by atoms with van der Waals surface area (Å²) in [6.07, 6.45) is 0. The van der Waals surface area contributed by atoms with Crippen LogP contribution >= 0.6 is 0 Å². The second-order valence-electron chi connectivity index (χ2n) is 8.45. The Morgan fingerprint density at radius 3 is 2.54 bits per heavy atom. The fraction of sp³-hybridized carbons (Fsp3) is 0.292. The average molecular weight is 368 g/mol. The third-order valence-corrected chi connectivity index (χ3v) is 6.26. The van der Waals surface area contributed by atoms with Gasteiger partial charge < -0.3 is 9.32 Å². The van der Waals surface area contributed by atoms with Crippen molar-refractivity contribution in [1.29, 1.82) is 0 Å². The summed E-state index contributed by atoms with van der Waals surface area (Å²) >= 11 is 0. The number of furan rings is 1. The lowest BCUT2D eigenvalue weighted by molar-refractivity contribution is 0.651. The molecular weight excluding hydrogens is 343 g/mol. The highest BCUT2D eigenvalue weighted by Gasteiger charge is 2.42. The molecule has 2 aromatic heterocycles. The number of hydrogen-bond donors (Lipinski definition) is 0. The van der Waals surface area contributed by atoms with Crippen molar-refractivity contribution in [2.24, 2.45) is 0 Å². The minimum absolute atomic E-state index is 0.365. The molecule has 0 saturated heterocycles. The van der Waals surface area contributed by atoms with Crippen LogP contribution in [-0.4, -0.2) is 17.6 Å². The van der Waals surface area contributed by atoms with Crippen molar-refractivity contribution in [1.82, 2.24) is 4.98 Å². The predicted molar refractivity (Wildman–Crippen MR) is 120 cm³/mol. The van der Waals surface area contributed by atoms with Gasteiger partial charge in [0.05, 0.1) is 5.69 Å². The molecule has 1 aliphatic heterocycles. The molecule has 3 nitrogen and oxygen atoms in total. The molecule has 1 atom stereocenters. The van der Waals surface area contributed by atoms with Crippen LogP contribution < -0.4 is 10.4 Å². The minimum Gasteiger partial charge on any atom is -0.435 e. The molecule has 0 radical (unpaired) electrons. The van der Waals surface area contributed by atoms with E-state index < -0.39 is 0 Å². The van der Waals surface area contributed by atoms with E-state index in [0.717, 1.165) is 27.8 Å². The van der Waals surface area contributed by atoms with Gasteiger partial charge in [-0.25, -0.2) is 4.98 Å². The van der Waals surface area contributed by atoms with Crippen LogP contribution in [0.25, 0.3) is 22.1 Å². The van der Waals surface area contributed by atoms with Crippen LogP contribution in [0.2, 0.25) is 5.82 Å². The van der Waals surface area contributed by atoms with Gasteiger partial charge in [0.15, 0.2) is 5.58 Å². The molecule has 4 aromatic rings. The number of rotatable bonds is 2.